The number of carbonyl (C=O) groups is 1. The molecule has 0 fully saturated rings. The number of esters is 1. The molecule has 0 saturated carbocycles. The molecule has 1 unspecified atom stereocenters. The Labute approximate surface area is 128 Å². The SMILES string of the molecule is COC(=O)C(CNCC(C)(C)CN(C)C)c1ccccc1. The minimum atomic E-state index is -0.258. The number of benzene rings is 1. The number of ether oxygens (including phenoxy) is 1. The fourth-order valence-electron chi connectivity index (χ4n) is 2.63. The van der Waals surface area contributed by atoms with Gasteiger partial charge in [-0.3, -0.25) is 4.79 Å². The Balaban J connectivity index is 2.61. The summed E-state index contributed by atoms with van der Waals surface area (Å²) in [7, 11) is 5.58. The highest BCUT2D eigenvalue weighted by atomic mass is 16.5. The van der Waals surface area contributed by atoms with Crippen LogP contribution >= 0.6 is 0 Å². The van der Waals surface area contributed by atoms with Gasteiger partial charge in [0.2, 0.25) is 0 Å². The molecule has 1 aromatic rings. The highest BCUT2D eigenvalue weighted by Crippen LogP contribution is 2.18. The second-order valence-electron chi connectivity index (χ2n) is 6.52. The lowest BCUT2D eigenvalue weighted by Crippen LogP contribution is -2.39. The molecule has 0 amide bonds. The van der Waals surface area contributed by atoms with E-state index in [2.05, 4.69) is 38.2 Å². The molecule has 4 heteroatoms. The van der Waals surface area contributed by atoms with E-state index in [0.717, 1.165) is 18.7 Å². The summed E-state index contributed by atoms with van der Waals surface area (Å²) in [5, 5.41) is 3.42. The van der Waals surface area contributed by atoms with Crippen LogP contribution in [-0.4, -0.2) is 51.7 Å². The first kappa shape index (κ1) is 17.7. The second kappa shape index (κ2) is 8.15. The predicted molar refractivity (Wildman–Crippen MR) is 86.4 cm³/mol. The zero-order chi connectivity index (χ0) is 15.9. The van der Waals surface area contributed by atoms with E-state index < -0.39 is 0 Å². The molecule has 4 nitrogen and oxygen atoms in total. The first-order valence-corrected chi connectivity index (χ1v) is 7.34. The Morgan fingerprint density at radius 3 is 2.43 bits per heavy atom. The average Bonchev–Trinajstić information content (AvgIpc) is 2.42. The zero-order valence-electron chi connectivity index (χ0n) is 13.8. The fourth-order valence-corrected chi connectivity index (χ4v) is 2.63. The minimum absolute atomic E-state index is 0.154. The van der Waals surface area contributed by atoms with Crippen molar-refractivity contribution in [1.82, 2.24) is 10.2 Å². The van der Waals surface area contributed by atoms with Crippen molar-refractivity contribution in [3.63, 3.8) is 0 Å². The van der Waals surface area contributed by atoms with E-state index in [1.54, 1.807) is 0 Å². The Bertz CT molecular complexity index is 430. The largest absolute Gasteiger partial charge is 0.469 e. The maximum absolute atomic E-state index is 12.0. The number of hydrogen-bond acceptors (Lipinski definition) is 4. The summed E-state index contributed by atoms with van der Waals surface area (Å²) in [5.41, 5.74) is 1.14. The van der Waals surface area contributed by atoms with Crippen LogP contribution in [0.15, 0.2) is 30.3 Å². The van der Waals surface area contributed by atoms with Gasteiger partial charge in [0.25, 0.3) is 0 Å². The standard InChI is InChI=1S/C17H28N2O2/c1-17(2,13-19(3)4)12-18-11-15(16(20)21-5)14-9-7-6-8-10-14/h6-10,15,18H,11-13H2,1-5H3. The summed E-state index contributed by atoms with van der Waals surface area (Å²) in [5.74, 6) is -0.453. The van der Waals surface area contributed by atoms with Gasteiger partial charge >= 0.3 is 5.97 Å². The van der Waals surface area contributed by atoms with Crippen LogP contribution in [0.1, 0.15) is 25.3 Å². The van der Waals surface area contributed by atoms with Gasteiger partial charge in [-0.25, -0.2) is 0 Å². The van der Waals surface area contributed by atoms with E-state index in [-0.39, 0.29) is 17.3 Å². The van der Waals surface area contributed by atoms with E-state index >= 15 is 0 Å². The lowest BCUT2D eigenvalue weighted by molar-refractivity contribution is -0.142. The summed E-state index contributed by atoms with van der Waals surface area (Å²) >= 11 is 0. The summed E-state index contributed by atoms with van der Waals surface area (Å²) < 4.78 is 4.93. The van der Waals surface area contributed by atoms with Crippen molar-refractivity contribution in [1.29, 1.82) is 0 Å². The van der Waals surface area contributed by atoms with Crippen LogP contribution in [0.5, 0.6) is 0 Å². The molecular formula is C17H28N2O2. The third kappa shape index (κ3) is 6.27. The van der Waals surface area contributed by atoms with Gasteiger partial charge in [0.05, 0.1) is 13.0 Å². The van der Waals surface area contributed by atoms with Crippen LogP contribution in [-0.2, 0) is 9.53 Å². The van der Waals surface area contributed by atoms with E-state index in [1.165, 1.54) is 7.11 Å². The van der Waals surface area contributed by atoms with Crippen molar-refractivity contribution in [3.8, 4) is 0 Å². The van der Waals surface area contributed by atoms with Crippen LogP contribution in [0.3, 0.4) is 0 Å². The van der Waals surface area contributed by atoms with Gasteiger partial charge in [0, 0.05) is 19.6 Å². The molecule has 1 rings (SSSR count). The number of carbonyl (C=O) groups excluding carboxylic acids is 1. The maximum Gasteiger partial charge on any atom is 0.314 e. The lowest BCUT2D eigenvalue weighted by Gasteiger charge is -2.29. The molecular weight excluding hydrogens is 264 g/mol. The Morgan fingerprint density at radius 1 is 1.29 bits per heavy atom. The summed E-state index contributed by atoms with van der Waals surface area (Å²) in [6.45, 7) is 6.87. The van der Waals surface area contributed by atoms with Gasteiger partial charge in [-0.05, 0) is 25.1 Å². The first-order chi connectivity index (χ1) is 9.85. The van der Waals surface area contributed by atoms with Crippen LogP contribution in [0.2, 0.25) is 0 Å². The van der Waals surface area contributed by atoms with E-state index in [0.29, 0.717) is 6.54 Å². The van der Waals surface area contributed by atoms with Gasteiger partial charge in [-0.2, -0.15) is 0 Å². The zero-order valence-corrected chi connectivity index (χ0v) is 13.8. The lowest BCUT2D eigenvalue weighted by atomic mass is 9.92. The molecule has 118 valence electrons. The topological polar surface area (TPSA) is 41.6 Å². The second-order valence-corrected chi connectivity index (χ2v) is 6.52. The summed E-state index contributed by atoms with van der Waals surface area (Å²) in [6.07, 6.45) is 0. The smallest absolute Gasteiger partial charge is 0.314 e. The molecule has 0 aliphatic heterocycles. The Kier molecular flexibility index (Phi) is 6.85. The molecule has 0 spiro atoms. The minimum Gasteiger partial charge on any atom is -0.469 e. The molecule has 1 atom stereocenters. The number of methoxy groups -OCH3 is 1. The third-order valence-corrected chi connectivity index (χ3v) is 3.38. The molecule has 1 N–H and O–H groups in total. The van der Waals surface area contributed by atoms with E-state index in [1.807, 2.05) is 30.3 Å². The maximum atomic E-state index is 12.0. The van der Waals surface area contributed by atoms with Crippen molar-refractivity contribution in [2.24, 2.45) is 5.41 Å². The highest BCUT2D eigenvalue weighted by molar-refractivity contribution is 5.78. The van der Waals surface area contributed by atoms with E-state index in [4.69, 9.17) is 4.74 Å². The Morgan fingerprint density at radius 2 is 1.90 bits per heavy atom. The number of hydrogen-bond donors (Lipinski definition) is 1. The number of rotatable bonds is 8. The van der Waals surface area contributed by atoms with E-state index in [9.17, 15) is 4.79 Å². The Hall–Kier alpha value is -1.39. The highest BCUT2D eigenvalue weighted by Gasteiger charge is 2.23. The number of nitrogens with zero attached hydrogens (tertiary/aromatic N) is 1. The molecule has 0 aliphatic carbocycles. The van der Waals surface area contributed by atoms with Crippen molar-refractivity contribution >= 4 is 5.97 Å². The predicted octanol–water partition coefficient (Wildman–Crippen LogP) is 2.12. The molecule has 0 aromatic heterocycles. The third-order valence-electron chi connectivity index (χ3n) is 3.38. The molecule has 0 saturated heterocycles. The normalized spacial score (nSPS) is 13.2. The fraction of sp³-hybridized carbons (Fsp3) is 0.588. The molecule has 1 aromatic carbocycles. The van der Waals surface area contributed by atoms with Gasteiger partial charge in [-0.1, -0.05) is 44.2 Å². The van der Waals surface area contributed by atoms with Crippen LogP contribution < -0.4 is 5.32 Å². The van der Waals surface area contributed by atoms with Crippen LogP contribution in [0, 0.1) is 5.41 Å². The average molecular weight is 292 g/mol. The van der Waals surface area contributed by atoms with Crippen molar-refractivity contribution in [2.75, 3.05) is 40.8 Å². The quantitative estimate of drug-likeness (QED) is 0.745. The van der Waals surface area contributed by atoms with Crippen molar-refractivity contribution in [2.45, 2.75) is 19.8 Å². The summed E-state index contributed by atoms with van der Waals surface area (Å²) in [4.78, 5) is 14.2. The van der Waals surface area contributed by atoms with Crippen molar-refractivity contribution < 1.29 is 9.53 Å². The molecule has 21 heavy (non-hydrogen) atoms. The van der Waals surface area contributed by atoms with Crippen LogP contribution in [0.25, 0.3) is 0 Å². The van der Waals surface area contributed by atoms with Crippen molar-refractivity contribution in [3.05, 3.63) is 35.9 Å². The van der Waals surface area contributed by atoms with Crippen LogP contribution in [0.4, 0.5) is 0 Å². The molecule has 0 radical (unpaired) electrons. The number of nitrogens with one attached hydrogen (secondary N) is 1. The molecule has 0 heterocycles. The van der Waals surface area contributed by atoms with Gasteiger partial charge in [-0.15, -0.1) is 0 Å². The summed E-state index contributed by atoms with van der Waals surface area (Å²) in [6, 6.07) is 9.77. The molecule has 0 aliphatic rings. The molecule has 0 bridgehead atoms. The first-order valence-electron chi connectivity index (χ1n) is 7.34. The van der Waals surface area contributed by atoms with Gasteiger partial charge in [0.1, 0.15) is 0 Å². The van der Waals surface area contributed by atoms with Gasteiger partial charge in [0.15, 0.2) is 0 Å². The monoisotopic (exact) mass is 292 g/mol. The van der Waals surface area contributed by atoms with Gasteiger partial charge < -0.3 is 15.0 Å².